The van der Waals surface area contributed by atoms with Crippen LogP contribution in [0.2, 0.25) is 0 Å². The van der Waals surface area contributed by atoms with E-state index in [1.807, 2.05) is 30.5 Å². The van der Waals surface area contributed by atoms with Gasteiger partial charge in [0.25, 0.3) is 0 Å². The van der Waals surface area contributed by atoms with Gasteiger partial charge < -0.3 is 18.9 Å². The van der Waals surface area contributed by atoms with Crippen molar-refractivity contribution >= 4 is 0 Å². The summed E-state index contributed by atoms with van der Waals surface area (Å²) in [6.07, 6.45) is 4.38. The molecule has 0 aliphatic carbocycles. The highest BCUT2D eigenvalue weighted by Gasteiger charge is 2.23. The maximum absolute atomic E-state index is 5.85. The van der Waals surface area contributed by atoms with Gasteiger partial charge >= 0.3 is 0 Å². The molecule has 26 heavy (non-hydrogen) atoms. The Labute approximate surface area is 153 Å². The Morgan fingerprint density at radius 3 is 2.96 bits per heavy atom. The molecule has 4 rings (SSSR count). The molecule has 0 saturated carbocycles. The number of pyridine rings is 1. The molecule has 0 N–H and O–H groups in total. The number of hydrogen-bond donors (Lipinski definition) is 0. The normalized spacial score (nSPS) is 18.5. The van der Waals surface area contributed by atoms with Gasteiger partial charge in [-0.25, -0.2) is 0 Å². The minimum atomic E-state index is 0.239. The van der Waals surface area contributed by atoms with Gasteiger partial charge in [0.2, 0.25) is 12.5 Å². The van der Waals surface area contributed by atoms with Crippen LogP contribution in [-0.2, 0) is 17.8 Å². The molecule has 1 aromatic carbocycles. The lowest BCUT2D eigenvalue weighted by Gasteiger charge is -2.25. The minimum absolute atomic E-state index is 0.239. The number of ether oxygens (including phenoxy) is 4. The number of nitrogens with zero attached hydrogens (tertiary/aromatic N) is 2. The first-order valence-electron chi connectivity index (χ1n) is 9.02. The molecule has 6 nitrogen and oxygen atoms in total. The average molecular weight is 356 g/mol. The van der Waals surface area contributed by atoms with Crippen molar-refractivity contribution in [1.29, 1.82) is 0 Å². The summed E-state index contributed by atoms with van der Waals surface area (Å²) in [6.45, 7) is 3.52. The van der Waals surface area contributed by atoms with Crippen LogP contribution in [0.5, 0.6) is 17.2 Å². The lowest BCUT2D eigenvalue weighted by atomic mass is 10.1. The number of fused-ring (bicyclic) bond motifs is 1. The smallest absolute Gasteiger partial charge is 0.231 e. The van der Waals surface area contributed by atoms with E-state index in [4.69, 9.17) is 18.9 Å². The van der Waals surface area contributed by atoms with Crippen molar-refractivity contribution in [2.24, 2.45) is 0 Å². The highest BCUT2D eigenvalue weighted by atomic mass is 16.7. The molecule has 1 fully saturated rings. The topological polar surface area (TPSA) is 53.1 Å². The third kappa shape index (κ3) is 3.92. The minimum Gasteiger partial charge on any atom is -0.493 e. The Balaban J connectivity index is 1.53. The van der Waals surface area contributed by atoms with Crippen molar-refractivity contribution in [2.45, 2.75) is 32.0 Å². The quantitative estimate of drug-likeness (QED) is 0.760. The third-order valence-electron chi connectivity index (χ3n) is 4.72. The van der Waals surface area contributed by atoms with E-state index in [-0.39, 0.29) is 12.9 Å². The van der Waals surface area contributed by atoms with Crippen molar-refractivity contribution in [2.75, 3.05) is 27.1 Å². The fourth-order valence-corrected chi connectivity index (χ4v) is 3.52. The number of benzene rings is 1. The summed E-state index contributed by atoms with van der Waals surface area (Å²) in [7, 11) is 1.65. The molecule has 0 amide bonds. The Morgan fingerprint density at radius 1 is 1.23 bits per heavy atom. The third-order valence-corrected chi connectivity index (χ3v) is 4.72. The Morgan fingerprint density at radius 2 is 2.19 bits per heavy atom. The van der Waals surface area contributed by atoms with E-state index >= 15 is 0 Å². The zero-order chi connectivity index (χ0) is 17.8. The molecule has 0 spiro atoms. The van der Waals surface area contributed by atoms with Crippen LogP contribution in [-0.4, -0.2) is 43.0 Å². The maximum Gasteiger partial charge on any atom is 0.231 e. The standard InChI is InChI=1S/C20H24N2O4/c1-23-18-9-15(10-19-20(18)26-14-25-19)11-22(13-17-6-4-8-24-17)12-16-5-2-3-7-21-16/h2-3,5,7,9-10,17H,4,6,8,11-14H2,1H3. The number of hydrogen-bond acceptors (Lipinski definition) is 6. The van der Waals surface area contributed by atoms with Gasteiger partial charge in [0.15, 0.2) is 11.5 Å². The Kier molecular flexibility index (Phi) is 5.22. The van der Waals surface area contributed by atoms with Crippen molar-refractivity contribution in [3.63, 3.8) is 0 Å². The van der Waals surface area contributed by atoms with Gasteiger partial charge in [-0.05, 0) is 42.7 Å². The van der Waals surface area contributed by atoms with Crippen molar-refractivity contribution in [3.8, 4) is 17.2 Å². The first-order valence-corrected chi connectivity index (χ1v) is 9.02. The van der Waals surface area contributed by atoms with Crippen LogP contribution in [0.25, 0.3) is 0 Å². The fraction of sp³-hybridized carbons (Fsp3) is 0.450. The highest BCUT2D eigenvalue weighted by molar-refractivity contribution is 5.55. The van der Waals surface area contributed by atoms with Crippen LogP contribution in [0, 0.1) is 0 Å². The monoisotopic (exact) mass is 356 g/mol. The summed E-state index contributed by atoms with van der Waals surface area (Å²) < 4.78 is 22.4. The largest absolute Gasteiger partial charge is 0.493 e. The van der Waals surface area contributed by atoms with Gasteiger partial charge in [-0.3, -0.25) is 9.88 Å². The van der Waals surface area contributed by atoms with Crippen molar-refractivity contribution in [1.82, 2.24) is 9.88 Å². The molecule has 0 bridgehead atoms. The molecular formula is C20H24N2O4. The van der Waals surface area contributed by atoms with Crippen molar-refractivity contribution in [3.05, 3.63) is 47.8 Å². The fourth-order valence-electron chi connectivity index (χ4n) is 3.52. The van der Waals surface area contributed by atoms with E-state index in [2.05, 4.69) is 16.0 Å². The van der Waals surface area contributed by atoms with Gasteiger partial charge in [-0.15, -0.1) is 0 Å². The number of methoxy groups -OCH3 is 1. The summed E-state index contributed by atoms with van der Waals surface area (Å²) >= 11 is 0. The first-order chi connectivity index (χ1) is 12.8. The van der Waals surface area contributed by atoms with Gasteiger partial charge in [-0.1, -0.05) is 6.07 Å². The second-order valence-corrected chi connectivity index (χ2v) is 6.66. The van der Waals surface area contributed by atoms with Gasteiger partial charge in [0.1, 0.15) is 0 Å². The van der Waals surface area contributed by atoms with Crippen LogP contribution in [0.15, 0.2) is 36.5 Å². The molecule has 6 heteroatoms. The van der Waals surface area contributed by atoms with Crippen molar-refractivity contribution < 1.29 is 18.9 Å². The summed E-state index contributed by atoms with van der Waals surface area (Å²) in [4.78, 5) is 6.84. The van der Waals surface area contributed by atoms with Gasteiger partial charge in [0.05, 0.1) is 18.9 Å². The van der Waals surface area contributed by atoms with E-state index in [9.17, 15) is 0 Å². The van der Waals surface area contributed by atoms with Crippen LogP contribution < -0.4 is 14.2 Å². The molecule has 2 aliphatic rings. The lowest BCUT2D eigenvalue weighted by Crippen LogP contribution is -2.31. The summed E-state index contributed by atoms with van der Waals surface area (Å²) in [5.74, 6) is 2.14. The molecule has 1 aromatic heterocycles. The lowest BCUT2D eigenvalue weighted by molar-refractivity contribution is 0.0674. The zero-order valence-corrected chi connectivity index (χ0v) is 15.0. The van der Waals surface area contributed by atoms with Gasteiger partial charge in [-0.2, -0.15) is 0 Å². The second-order valence-electron chi connectivity index (χ2n) is 6.66. The molecule has 1 saturated heterocycles. The summed E-state index contributed by atoms with van der Waals surface area (Å²) in [6, 6.07) is 10.1. The van der Waals surface area contributed by atoms with Crippen LogP contribution in [0.3, 0.4) is 0 Å². The Hall–Kier alpha value is -2.31. The molecule has 1 unspecified atom stereocenters. The van der Waals surface area contributed by atoms with Crippen LogP contribution in [0.1, 0.15) is 24.1 Å². The highest BCUT2D eigenvalue weighted by Crippen LogP contribution is 2.42. The molecule has 0 radical (unpaired) electrons. The molecule has 1 atom stereocenters. The van der Waals surface area contributed by atoms with Crippen LogP contribution in [0.4, 0.5) is 0 Å². The van der Waals surface area contributed by atoms with E-state index < -0.39 is 0 Å². The number of aromatic nitrogens is 1. The molecule has 2 aromatic rings. The first kappa shape index (κ1) is 17.1. The van der Waals surface area contributed by atoms with Gasteiger partial charge in [0, 0.05) is 32.4 Å². The zero-order valence-electron chi connectivity index (χ0n) is 15.0. The van der Waals surface area contributed by atoms with E-state index in [0.29, 0.717) is 11.5 Å². The average Bonchev–Trinajstić information content (AvgIpc) is 3.33. The second kappa shape index (κ2) is 7.93. The number of rotatable bonds is 7. The summed E-state index contributed by atoms with van der Waals surface area (Å²) in [5, 5.41) is 0. The predicted molar refractivity (Wildman–Crippen MR) is 96.4 cm³/mol. The van der Waals surface area contributed by atoms with E-state index in [0.717, 1.165) is 56.1 Å². The molecular weight excluding hydrogens is 332 g/mol. The van der Waals surface area contributed by atoms with E-state index in [1.165, 1.54) is 0 Å². The molecule has 3 heterocycles. The maximum atomic E-state index is 5.85. The molecule has 2 aliphatic heterocycles. The SMILES string of the molecule is COc1cc(CN(Cc2ccccn2)CC2CCCO2)cc2c1OCO2. The summed E-state index contributed by atoms with van der Waals surface area (Å²) in [5.41, 5.74) is 2.18. The predicted octanol–water partition coefficient (Wildman–Crippen LogP) is 3.00. The van der Waals surface area contributed by atoms with Crippen LogP contribution >= 0.6 is 0 Å². The molecule has 138 valence electrons. The Bertz CT molecular complexity index is 732. The van der Waals surface area contributed by atoms with E-state index in [1.54, 1.807) is 7.11 Å².